The molecule has 1 unspecified atom stereocenters. The van der Waals surface area contributed by atoms with E-state index in [1.165, 1.54) is 6.33 Å². The highest BCUT2D eigenvalue weighted by molar-refractivity contribution is 6.30. The largest absolute Gasteiger partial charge is 0.497 e. The Morgan fingerprint density at radius 3 is 2.65 bits per heavy atom. The zero-order valence-electron chi connectivity index (χ0n) is 17.4. The standard InChI is InChI=1S/C23H23ClN4O3/c1-16-14-27(9-10-28(16)23(29)17-5-3-7-19(11-17)30-2)21-13-22(26-15-25-21)31-20-8-4-6-18(24)12-20/h3-8,11-13,15-16H,9-10,14H2,1-2H3. The summed E-state index contributed by atoms with van der Waals surface area (Å²) in [6, 6.07) is 16.2. The number of halogens is 1. The van der Waals surface area contributed by atoms with Crippen LogP contribution in [0.25, 0.3) is 0 Å². The molecule has 1 aromatic heterocycles. The van der Waals surface area contributed by atoms with Gasteiger partial charge in [-0.25, -0.2) is 9.97 Å². The highest BCUT2D eigenvalue weighted by atomic mass is 35.5. The van der Waals surface area contributed by atoms with E-state index in [2.05, 4.69) is 14.9 Å². The van der Waals surface area contributed by atoms with Crippen LogP contribution in [0.3, 0.4) is 0 Å². The lowest BCUT2D eigenvalue weighted by molar-refractivity contribution is 0.0673. The van der Waals surface area contributed by atoms with Crippen LogP contribution in [0.15, 0.2) is 60.9 Å². The molecule has 1 aliphatic rings. The molecule has 7 nitrogen and oxygen atoms in total. The van der Waals surface area contributed by atoms with Crippen molar-refractivity contribution in [1.29, 1.82) is 0 Å². The SMILES string of the molecule is COc1cccc(C(=O)N2CCN(c3cc(Oc4cccc(Cl)c4)ncn3)CC2C)c1. The Morgan fingerprint density at radius 2 is 1.87 bits per heavy atom. The number of piperazine rings is 1. The van der Waals surface area contributed by atoms with Crippen molar-refractivity contribution in [2.75, 3.05) is 31.6 Å². The van der Waals surface area contributed by atoms with Gasteiger partial charge in [-0.3, -0.25) is 4.79 Å². The van der Waals surface area contributed by atoms with Crippen molar-refractivity contribution in [1.82, 2.24) is 14.9 Å². The molecule has 3 aromatic rings. The van der Waals surface area contributed by atoms with Gasteiger partial charge in [0.05, 0.1) is 7.11 Å². The van der Waals surface area contributed by atoms with Crippen LogP contribution in [0.4, 0.5) is 5.82 Å². The maximum atomic E-state index is 13.0. The zero-order valence-corrected chi connectivity index (χ0v) is 18.1. The van der Waals surface area contributed by atoms with Crippen molar-refractivity contribution >= 4 is 23.3 Å². The summed E-state index contributed by atoms with van der Waals surface area (Å²) in [4.78, 5) is 25.6. The molecule has 8 heteroatoms. The maximum absolute atomic E-state index is 13.0. The monoisotopic (exact) mass is 438 g/mol. The van der Waals surface area contributed by atoms with Crippen molar-refractivity contribution in [3.63, 3.8) is 0 Å². The lowest BCUT2D eigenvalue weighted by atomic mass is 10.1. The maximum Gasteiger partial charge on any atom is 0.254 e. The topological polar surface area (TPSA) is 67.8 Å². The van der Waals surface area contributed by atoms with Gasteiger partial charge < -0.3 is 19.3 Å². The molecule has 1 fully saturated rings. The number of benzene rings is 2. The molecule has 31 heavy (non-hydrogen) atoms. The Morgan fingerprint density at radius 1 is 1.06 bits per heavy atom. The number of anilines is 1. The van der Waals surface area contributed by atoms with Gasteiger partial charge in [0.2, 0.25) is 5.88 Å². The third-order valence-electron chi connectivity index (χ3n) is 5.18. The third-order valence-corrected chi connectivity index (χ3v) is 5.41. The van der Waals surface area contributed by atoms with Gasteiger partial charge in [0.25, 0.3) is 5.91 Å². The Bertz CT molecular complexity index is 1080. The molecule has 4 rings (SSSR count). The second-order valence-electron chi connectivity index (χ2n) is 7.30. The Labute approximate surface area is 186 Å². The summed E-state index contributed by atoms with van der Waals surface area (Å²) in [5.74, 6) is 2.48. The first-order valence-electron chi connectivity index (χ1n) is 9.99. The molecule has 1 atom stereocenters. The quantitative estimate of drug-likeness (QED) is 0.592. The zero-order chi connectivity index (χ0) is 21.8. The van der Waals surface area contributed by atoms with E-state index in [9.17, 15) is 4.79 Å². The summed E-state index contributed by atoms with van der Waals surface area (Å²) in [7, 11) is 1.59. The first-order valence-corrected chi connectivity index (χ1v) is 10.4. The highest BCUT2D eigenvalue weighted by Gasteiger charge is 2.29. The molecule has 0 saturated carbocycles. The lowest BCUT2D eigenvalue weighted by Gasteiger charge is -2.40. The Balaban J connectivity index is 1.44. The number of aromatic nitrogens is 2. The van der Waals surface area contributed by atoms with E-state index in [4.69, 9.17) is 21.1 Å². The lowest BCUT2D eigenvalue weighted by Crippen LogP contribution is -2.54. The normalized spacial score (nSPS) is 16.2. The summed E-state index contributed by atoms with van der Waals surface area (Å²) >= 11 is 6.02. The van der Waals surface area contributed by atoms with E-state index in [0.717, 1.165) is 5.82 Å². The summed E-state index contributed by atoms with van der Waals surface area (Å²) in [5.41, 5.74) is 0.624. The van der Waals surface area contributed by atoms with E-state index in [0.29, 0.717) is 47.6 Å². The van der Waals surface area contributed by atoms with Crippen molar-refractivity contribution in [3.8, 4) is 17.4 Å². The first-order chi connectivity index (χ1) is 15.0. The number of hydrogen-bond acceptors (Lipinski definition) is 6. The Kier molecular flexibility index (Phi) is 6.23. The molecular formula is C23H23ClN4O3. The second-order valence-corrected chi connectivity index (χ2v) is 7.74. The van der Waals surface area contributed by atoms with Gasteiger partial charge in [-0.15, -0.1) is 0 Å². The molecule has 0 aliphatic carbocycles. The van der Waals surface area contributed by atoms with Crippen molar-refractivity contribution in [3.05, 3.63) is 71.5 Å². The molecule has 0 radical (unpaired) electrons. The van der Waals surface area contributed by atoms with Crippen molar-refractivity contribution < 1.29 is 14.3 Å². The number of nitrogens with zero attached hydrogens (tertiary/aromatic N) is 4. The molecule has 1 amide bonds. The number of methoxy groups -OCH3 is 1. The number of carbonyl (C=O) groups excluding carboxylic acids is 1. The first kappa shape index (κ1) is 20.9. The molecule has 160 valence electrons. The van der Waals surface area contributed by atoms with Crippen LogP contribution in [0.5, 0.6) is 17.4 Å². The van der Waals surface area contributed by atoms with Gasteiger partial charge in [0, 0.05) is 42.3 Å². The van der Waals surface area contributed by atoms with Gasteiger partial charge in [0.15, 0.2) is 0 Å². The molecule has 1 saturated heterocycles. The molecule has 2 heterocycles. The van der Waals surface area contributed by atoms with Crippen LogP contribution in [-0.4, -0.2) is 53.6 Å². The van der Waals surface area contributed by atoms with E-state index >= 15 is 0 Å². The third kappa shape index (κ3) is 4.88. The Hall–Kier alpha value is -3.32. The van der Waals surface area contributed by atoms with Crippen LogP contribution in [0.1, 0.15) is 17.3 Å². The van der Waals surface area contributed by atoms with E-state index in [1.807, 2.05) is 42.2 Å². The van der Waals surface area contributed by atoms with Crippen LogP contribution in [0, 0.1) is 0 Å². The van der Waals surface area contributed by atoms with Gasteiger partial charge in [-0.1, -0.05) is 23.7 Å². The van der Waals surface area contributed by atoms with Gasteiger partial charge >= 0.3 is 0 Å². The molecule has 2 aromatic carbocycles. The second kappa shape index (κ2) is 9.22. The van der Waals surface area contributed by atoms with E-state index in [-0.39, 0.29) is 11.9 Å². The fraction of sp³-hybridized carbons (Fsp3) is 0.261. The van der Waals surface area contributed by atoms with Crippen LogP contribution in [-0.2, 0) is 0 Å². The van der Waals surface area contributed by atoms with E-state index in [1.54, 1.807) is 31.4 Å². The molecule has 0 N–H and O–H groups in total. The summed E-state index contributed by atoms with van der Waals surface area (Å²) < 4.78 is 11.1. The number of amides is 1. The fourth-order valence-corrected chi connectivity index (χ4v) is 3.78. The minimum Gasteiger partial charge on any atom is -0.497 e. The summed E-state index contributed by atoms with van der Waals surface area (Å²) in [5, 5.41) is 0.595. The fourth-order valence-electron chi connectivity index (χ4n) is 3.60. The van der Waals surface area contributed by atoms with Crippen LogP contribution >= 0.6 is 11.6 Å². The van der Waals surface area contributed by atoms with Crippen molar-refractivity contribution in [2.24, 2.45) is 0 Å². The van der Waals surface area contributed by atoms with Crippen molar-refractivity contribution in [2.45, 2.75) is 13.0 Å². The van der Waals surface area contributed by atoms with Gasteiger partial charge in [-0.2, -0.15) is 0 Å². The number of ether oxygens (including phenoxy) is 2. The smallest absolute Gasteiger partial charge is 0.254 e. The van der Waals surface area contributed by atoms with Gasteiger partial charge in [0.1, 0.15) is 23.6 Å². The molecular weight excluding hydrogens is 416 g/mol. The number of hydrogen-bond donors (Lipinski definition) is 0. The summed E-state index contributed by atoms with van der Waals surface area (Å²) in [6.45, 7) is 3.94. The van der Waals surface area contributed by atoms with E-state index < -0.39 is 0 Å². The van der Waals surface area contributed by atoms with Gasteiger partial charge in [-0.05, 0) is 43.3 Å². The minimum absolute atomic E-state index is 0.00119. The molecule has 0 bridgehead atoms. The predicted molar refractivity (Wildman–Crippen MR) is 119 cm³/mol. The average molecular weight is 439 g/mol. The number of rotatable bonds is 5. The average Bonchev–Trinajstić information content (AvgIpc) is 2.79. The molecule has 0 spiro atoms. The van der Waals surface area contributed by atoms with Crippen LogP contribution < -0.4 is 14.4 Å². The summed E-state index contributed by atoms with van der Waals surface area (Å²) in [6.07, 6.45) is 1.48. The highest BCUT2D eigenvalue weighted by Crippen LogP contribution is 2.26. The minimum atomic E-state index is -0.00119. The number of carbonyl (C=O) groups is 1. The predicted octanol–water partition coefficient (Wildman–Crippen LogP) is 4.28. The molecule has 1 aliphatic heterocycles. The van der Waals surface area contributed by atoms with Crippen LogP contribution in [0.2, 0.25) is 5.02 Å².